The van der Waals surface area contributed by atoms with Crippen molar-refractivity contribution < 1.29 is 14.4 Å². The first-order valence-electron chi connectivity index (χ1n) is 9.02. The summed E-state index contributed by atoms with van der Waals surface area (Å²) in [6, 6.07) is 7.09. The lowest BCUT2D eigenvalue weighted by molar-refractivity contribution is -0.139. The van der Waals surface area contributed by atoms with Crippen LogP contribution in [0.1, 0.15) is 20.3 Å². The molecule has 0 spiro atoms. The van der Waals surface area contributed by atoms with Crippen LogP contribution in [0.2, 0.25) is 5.02 Å². The van der Waals surface area contributed by atoms with Gasteiger partial charge in [0.25, 0.3) is 11.8 Å². The highest BCUT2D eigenvalue weighted by Crippen LogP contribution is 2.26. The van der Waals surface area contributed by atoms with Crippen molar-refractivity contribution in [2.45, 2.75) is 25.8 Å². The van der Waals surface area contributed by atoms with Gasteiger partial charge in [-0.1, -0.05) is 30.7 Å². The van der Waals surface area contributed by atoms with E-state index in [-0.39, 0.29) is 12.5 Å². The Hall–Kier alpha value is -2.32. The quantitative estimate of drug-likeness (QED) is 0.734. The number of hydrazine groups is 1. The predicted octanol–water partition coefficient (Wildman–Crippen LogP) is 1.21. The van der Waals surface area contributed by atoms with Gasteiger partial charge in [-0.05, 0) is 25.5 Å². The Morgan fingerprint density at radius 2 is 1.89 bits per heavy atom. The molecule has 1 unspecified atom stereocenters. The zero-order valence-electron chi connectivity index (χ0n) is 15.5. The zero-order chi connectivity index (χ0) is 19.6. The number of anilines is 1. The predicted molar refractivity (Wildman–Crippen MR) is 102 cm³/mol. The van der Waals surface area contributed by atoms with Crippen LogP contribution in [0.15, 0.2) is 24.3 Å². The maximum atomic E-state index is 12.3. The van der Waals surface area contributed by atoms with Gasteiger partial charge >= 0.3 is 6.03 Å². The second-order valence-corrected chi connectivity index (χ2v) is 7.41. The van der Waals surface area contributed by atoms with Gasteiger partial charge in [0.1, 0.15) is 5.54 Å². The van der Waals surface area contributed by atoms with Crippen molar-refractivity contribution in [1.82, 2.24) is 20.7 Å². The molecule has 0 bridgehead atoms. The van der Waals surface area contributed by atoms with E-state index in [1.54, 1.807) is 6.92 Å². The molecule has 3 rings (SSSR count). The summed E-state index contributed by atoms with van der Waals surface area (Å²) < 4.78 is 0. The molecule has 8 nitrogen and oxygen atoms in total. The third kappa shape index (κ3) is 4.01. The highest BCUT2D eigenvalue weighted by Gasteiger charge is 2.47. The van der Waals surface area contributed by atoms with Crippen molar-refractivity contribution in [1.29, 1.82) is 0 Å². The van der Waals surface area contributed by atoms with Crippen LogP contribution in [0, 0.1) is 0 Å². The van der Waals surface area contributed by atoms with Crippen molar-refractivity contribution in [3.8, 4) is 0 Å². The molecule has 0 saturated carbocycles. The topological polar surface area (TPSA) is 85.0 Å². The Morgan fingerprint density at radius 1 is 1.22 bits per heavy atom. The van der Waals surface area contributed by atoms with Gasteiger partial charge in [0.2, 0.25) is 0 Å². The van der Waals surface area contributed by atoms with Gasteiger partial charge in [-0.25, -0.2) is 4.79 Å². The summed E-state index contributed by atoms with van der Waals surface area (Å²) in [6.07, 6.45) is 0.452. The molecule has 27 heavy (non-hydrogen) atoms. The molecule has 146 valence electrons. The first-order valence-corrected chi connectivity index (χ1v) is 9.40. The van der Waals surface area contributed by atoms with Crippen LogP contribution in [0.5, 0.6) is 0 Å². The number of rotatable bonds is 5. The Balaban J connectivity index is 1.51. The maximum absolute atomic E-state index is 12.3. The number of halogens is 1. The van der Waals surface area contributed by atoms with Crippen LogP contribution in [0.4, 0.5) is 10.5 Å². The van der Waals surface area contributed by atoms with Gasteiger partial charge < -0.3 is 10.2 Å². The average Bonchev–Trinajstić information content (AvgIpc) is 2.87. The first-order chi connectivity index (χ1) is 12.8. The summed E-state index contributed by atoms with van der Waals surface area (Å²) in [7, 11) is 0. The van der Waals surface area contributed by atoms with Crippen molar-refractivity contribution >= 4 is 35.1 Å². The van der Waals surface area contributed by atoms with E-state index in [1.165, 1.54) is 0 Å². The minimum Gasteiger partial charge on any atom is -0.368 e. The number of nitrogens with one attached hydrogen (secondary N) is 2. The van der Waals surface area contributed by atoms with E-state index >= 15 is 0 Å². The molecule has 4 amide bonds. The Kier molecular flexibility index (Phi) is 5.57. The van der Waals surface area contributed by atoms with Gasteiger partial charge in [-0.2, -0.15) is 5.01 Å². The fraction of sp³-hybridized carbons (Fsp3) is 0.500. The molecule has 2 aliphatic heterocycles. The zero-order valence-corrected chi connectivity index (χ0v) is 16.3. The lowest BCUT2D eigenvalue weighted by Gasteiger charge is -2.36. The lowest BCUT2D eigenvalue weighted by Crippen LogP contribution is -2.54. The largest absolute Gasteiger partial charge is 0.368 e. The number of nitrogens with zero attached hydrogens (tertiary/aromatic N) is 3. The van der Waals surface area contributed by atoms with Crippen LogP contribution < -0.4 is 15.6 Å². The van der Waals surface area contributed by atoms with E-state index in [0.29, 0.717) is 24.5 Å². The molecule has 2 heterocycles. The molecule has 2 saturated heterocycles. The number of piperazine rings is 1. The second-order valence-electron chi connectivity index (χ2n) is 7.01. The summed E-state index contributed by atoms with van der Waals surface area (Å²) >= 11 is 6.24. The fourth-order valence-electron chi connectivity index (χ4n) is 3.24. The molecule has 1 aromatic carbocycles. The summed E-state index contributed by atoms with van der Waals surface area (Å²) in [5, 5.41) is 4.10. The number of carbonyl (C=O) groups excluding carboxylic acids is 3. The van der Waals surface area contributed by atoms with Crippen LogP contribution >= 0.6 is 11.6 Å². The Labute approximate surface area is 163 Å². The summed E-state index contributed by atoms with van der Waals surface area (Å²) in [5.41, 5.74) is 2.44. The summed E-state index contributed by atoms with van der Waals surface area (Å²) in [5.74, 6) is -0.822. The van der Waals surface area contributed by atoms with Gasteiger partial charge in [0, 0.05) is 26.2 Å². The van der Waals surface area contributed by atoms with E-state index in [0.717, 1.165) is 23.8 Å². The SMILES string of the molecule is CCC1(C)NC(=O)N(NC(=O)CN2CCN(c3ccccc3Cl)CC2)C1=O. The van der Waals surface area contributed by atoms with Gasteiger partial charge in [-0.15, -0.1) is 0 Å². The number of imide groups is 1. The number of benzene rings is 1. The molecule has 2 N–H and O–H groups in total. The number of hydrogen-bond acceptors (Lipinski definition) is 5. The normalized spacial score (nSPS) is 23.5. The van der Waals surface area contributed by atoms with Gasteiger partial charge in [0.05, 0.1) is 17.3 Å². The van der Waals surface area contributed by atoms with Crippen molar-refractivity contribution in [3.05, 3.63) is 29.3 Å². The molecular formula is C18H24ClN5O3. The van der Waals surface area contributed by atoms with Crippen LogP contribution in [-0.2, 0) is 9.59 Å². The monoisotopic (exact) mass is 393 g/mol. The highest BCUT2D eigenvalue weighted by molar-refractivity contribution is 6.33. The Bertz CT molecular complexity index is 750. The lowest BCUT2D eigenvalue weighted by atomic mass is 10.00. The van der Waals surface area contributed by atoms with E-state index in [9.17, 15) is 14.4 Å². The minimum atomic E-state index is -0.967. The standard InChI is InChI=1S/C18H24ClN5O3/c1-3-18(2)16(26)24(17(27)20-18)21-15(25)12-22-8-10-23(11-9-22)14-7-5-4-6-13(14)19/h4-7H,3,8-12H2,1-2H3,(H,20,27)(H,21,25). The number of amides is 4. The number of urea groups is 1. The molecule has 0 radical (unpaired) electrons. The smallest absolute Gasteiger partial charge is 0.344 e. The number of para-hydroxylation sites is 1. The van der Waals surface area contributed by atoms with Crippen molar-refractivity contribution in [3.63, 3.8) is 0 Å². The van der Waals surface area contributed by atoms with Crippen LogP contribution in [-0.4, -0.2) is 66.0 Å². The summed E-state index contributed by atoms with van der Waals surface area (Å²) in [4.78, 5) is 40.8. The maximum Gasteiger partial charge on any atom is 0.344 e. The van der Waals surface area contributed by atoms with Gasteiger partial charge in [0.15, 0.2) is 0 Å². The first kappa shape index (κ1) is 19.4. The molecule has 0 aliphatic carbocycles. The van der Waals surface area contributed by atoms with Crippen LogP contribution in [0.3, 0.4) is 0 Å². The molecule has 9 heteroatoms. The molecule has 2 fully saturated rings. The molecule has 1 aromatic rings. The third-order valence-corrected chi connectivity index (χ3v) is 5.46. The van der Waals surface area contributed by atoms with Gasteiger partial charge in [-0.3, -0.25) is 19.9 Å². The van der Waals surface area contributed by atoms with Crippen molar-refractivity contribution in [2.24, 2.45) is 0 Å². The van der Waals surface area contributed by atoms with E-state index < -0.39 is 17.5 Å². The van der Waals surface area contributed by atoms with E-state index in [4.69, 9.17) is 11.6 Å². The highest BCUT2D eigenvalue weighted by atomic mass is 35.5. The second kappa shape index (κ2) is 7.74. The number of carbonyl (C=O) groups is 3. The molecular weight excluding hydrogens is 370 g/mol. The van der Waals surface area contributed by atoms with E-state index in [1.807, 2.05) is 36.1 Å². The molecule has 1 atom stereocenters. The molecule has 0 aromatic heterocycles. The third-order valence-electron chi connectivity index (χ3n) is 5.14. The minimum absolute atomic E-state index is 0.121. The van der Waals surface area contributed by atoms with E-state index in [2.05, 4.69) is 15.6 Å². The Morgan fingerprint density at radius 3 is 2.48 bits per heavy atom. The summed E-state index contributed by atoms with van der Waals surface area (Å²) in [6.45, 7) is 6.44. The average molecular weight is 394 g/mol. The van der Waals surface area contributed by atoms with Crippen molar-refractivity contribution in [2.75, 3.05) is 37.6 Å². The molecule has 2 aliphatic rings. The fourth-order valence-corrected chi connectivity index (χ4v) is 3.50. The van der Waals surface area contributed by atoms with Crippen LogP contribution in [0.25, 0.3) is 0 Å². The number of hydrogen-bond donors (Lipinski definition) is 2.